The van der Waals surface area contributed by atoms with E-state index in [1.807, 2.05) is 22.5 Å². The summed E-state index contributed by atoms with van der Waals surface area (Å²) in [4.78, 5) is 19.0. The zero-order valence-electron chi connectivity index (χ0n) is 12.0. The number of rotatable bonds is 2. The van der Waals surface area contributed by atoms with Crippen molar-refractivity contribution in [2.75, 3.05) is 19.9 Å². The number of piperidine rings is 1. The van der Waals surface area contributed by atoms with Crippen molar-refractivity contribution in [3.63, 3.8) is 0 Å². The first-order valence-corrected chi connectivity index (χ1v) is 8.27. The molecule has 4 rings (SSSR count). The second-order valence-electron chi connectivity index (χ2n) is 5.53. The highest BCUT2D eigenvalue weighted by Crippen LogP contribution is 2.34. The van der Waals surface area contributed by atoms with Crippen LogP contribution in [0, 0.1) is 0 Å². The van der Waals surface area contributed by atoms with Crippen molar-refractivity contribution in [3.8, 4) is 11.5 Å². The highest BCUT2D eigenvalue weighted by Gasteiger charge is 2.27. The van der Waals surface area contributed by atoms with Gasteiger partial charge in [-0.1, -0.05) is 0 Å². The van der Waals surface area contributed by atoms with Crippen LogP contribution in [0.1, 0.15) is 34.1 Å². The third-order valence-corrected chi connectivity index (χ3v) is 5.07. The molecule has 2 aliphatic heterocycles. The third-order valence-electron chi connectivity index (χ3n) is 4.13. The van der Waals surface area contributed by atoms with E-state index in [2.05, 4.69) is 4.98 Å². The lowest BCUT2D eigenvalue weighted by atomic mass is 9.98. The van der Waals surface area contributed by atoms with E-state index in [0.717, 1.165) is 30.9 Å². The molecule has 114 valence electrons. The van der Waals surface area contributed by atoms with Crippen LogP contribution < -0.4 is 9.47 Å². The Hall–Kier alpha value is -2.08. The quantitative estimate of drug-likeness (QED) is 0.855. The number of aromatic nitrogens is 1. The number of likely N-dealkylation sites (tertiary alicyclic amines) is 1. The number of ether oxygens (including phenoxy) is 2. The van der Waals surface area contributed by atoms with Gasteiger partial charge in [0, 0.05) is 36.1 Å². The van der Waals surface area contributed by atoms with E-state index in [0.29, 0.717) is 23.0 Å². The molecule has 6 heteroatoms. The van der Waals surface area contributed by atoms with Gasteiger partial charge in [-0.3, -0.25) is 4.79 Å². The molecule has 1 fully saturated rings. The molecule has 0 saturated carbocycles. The number of nitrogens with zero attached hydrogens (tertiary/aromatic N) is 2. The SMILES string of the molecule is O=C(c1ccc2c(c1)OCO2)N1CCC[C@@H](c2nccs2)C1. The monoisotopic (exact) mass is 316 g/mol. The molecular weight excluding hydrogens is 300 g/mol. The summed E-state index contributed by atoms with van der Waals surface area (Å²) in [6.45, 7) is 1.76. The minimum Gasteiger partial charge on any atom is -0.454 e. The molecule has 0 N–H and O–H groups in total. The first kappa shape index (κ1) is 13.6. The molecule has 0 spiro atoms. The number of carbonyl (C=O) groups excluding carboxylic acids is 1. The molecule has 3 heterocycles. The number of hydrogen-bond donors (Lipinski definition) is 0. The Bertz CT molecular complexity index is 687. The van der Waals surface area contributed by atoms with E-state index >= 15 is 0 Å². The van der Waals surface area contributed by atoms with Crippen LogP contribution in [0.3, 0.4) is 0 Å². The Morgan fingerprint density at radius 1 is 1.32 bits per heavy atom. The maximum absolute atomic E-state index is 12.7. The molecule has 0 radical (unpaired) electrons. The molecule has 22 heavy (non-hydrogen) atoms. The minimum atomic E-state index is 0.0551. The first-order valence-electron chi connectivity index (χ1n) is 7.39. The number of carbonyl (C=O) groups is 1. The Kier molecular flexibility index (Phi) is 3.46. The molecule has 2 aliphatic rings. The summed E-state index contributed by atoms with van der Waals surface area (Å²) in [5.74, 6) is 1.77. The van der Waals surface area contributed by atoms with Crippen LogP contribution in [-0.2, 0) is 0 Å². The molecule has 1 aromatic heterocycles. The molecule has 1 amide bonds. The van der Waals surface area contributed by atoms with Crippen LogP contribution in [0.5, 0.6) is 11.5 Å². The average molecular weight is 316 g/mol. The largest absolute Gasteiger partial charge is 0.454 e. The smallest absolute Gasteiger partial charge is 0.254 e. The van der Waals surface area contributed by atoms with Gasteiger partial charge in [-0.25, -0.2) is 4.98 Å². The molecule has 2 aromatic rings. The molecule has 1 atom stereocenters. The van der Waals surface area contributed by atoms with E-state index in [1.54, 1.807) is 23.5 Å². The summed E-state index contributed by atoms with van der Waals surface area (Å²) in [7, 11) is 0. The second-order valence-corrected chi connectivity index (χ2v) is 6.45. The van der Waals surface area contributed by atoms with Gasteiger partial charge in [0.2, 0.25) is 6.79 Å². The number of hydrogen-bond acceptors (Lipinski definition) is 5. The summed E-state index contributed by atoms with van der Waals surface area (Å²) in [5, 5.41) is 3.12. The average Bonchev–Trinajstić information content (AvgIpc) is 3.25. The van der Waals surface area contributed by atoms with Crippen molar-refractivity contribution >= 4 is 17.2 Å². The molecular formula is C16H16N2O3S. The van der Waals surface area contributed by atoms with Gasteiger partial charge in [-0.05, 0) is 31.0 Å². The van der Waals surface area contributed by atoms with Gasteiger partial charge >= 0.3 is 0 Å². The third kappa shape index (κ3) is 2.43. The summed E-state index contributed by atoms with van der Waals surface area (Å²) in [6, 6.07) is 5.39. The predicted molar refractivity (Wildman–Crippen MR) is 82.6 cm³/mol. The fourth-order valence-corrected chi connectivity index (χ4v) is 3.78. The zero-order chi connectivity index (χ0) is 14.9. The van der Waals surface area contributed by atoms with Gasteiger partial charge in [-0.2, -0.15) is 0 Å². The summed E-state index contributed by atoms with van der Waals surface area (Å²) < 4.78 is 10.6. The van der Waals surface area contributed by atoms with E-state index in [9.17, 15) is 4.79 Å². The molecule has 0 bridgehead atoms. The molecule has 0 unspecified atom stereocenters. The highest BCUT2D eigenvalue weighted by atomic mass is 32.1. The summed E-state index contributed by atoms with van der Waals surface area (Å²) >= 11 is 1.67. The van der Waals surface area contributed by atoms with Gasteiger partial charge in [0.15, 0.2) is 11.5 Å². The lowest BCUT2D eigenvalue weighted by Gasteiger charge is -2.32. The van der Waals surface area contributed by atoms with Gasteiger partial charge in [0.05, 0.1) is 5.01 Å². The van der Waals surface area contributed by atoms with Crippen molar-refractivity contribution in [2.45, 2.75) is 18.8 Å². The number of amides is 1. The summed E-state index contributed by atoms with van der Waals surface area (Å²) in [5.41, 5.74) is 0.657. The Morgan fingerprint density at radius 2 is 2.23 bits per heavy atom. The molecule has 0 aliphatic carbocycles. The number of benzene rings is 1. The molecule has 5 nitrogen and oxygen atoms in total. The minimum absolute atomic E-state index is 0.0551. The second kappa shape index (κ2) is 5.61. The topological polar surface area (TPSA) is 51.7 Å². The van der Waals surface area contributed by atoms with Crippen molar-refractivity contribution in [3.05, 3.63) is 40.3 Å². The number of fused-ring (bicyclic) bond motifs is 1. The fraction of sp³-hybridized carbons (Fsp3) is 0.375. The van der Waals surface area contributed by atoms with E-state index in [-0.39, 0.29) is 12.7 Å². The van der Waals surface area contributed by atoms with E-state index in [1.165, 1.54) is 0 Å². The van der Waals surface area contributed by atoms with Crippen LogP contribution in [-0.4, -0.2) is 35.7 Å². The lowest BCUT2D eigenvalue weighted by Crippen LogP contribution is -2.39. The lowest BCUT2D eigenvalue weighted by molar-refractivity contribution is 0.0706. The Morgan fingerprint density at radius 3 is 3.09 bits per heavy atom. The summed E-state index contributed by atoms with van der Waals surface area (Å²) in [6.07, 6.45) is 3.94. The van der Waals surface area contributed by atoms with Crippen LogP contribution >= 0.6 is 11.3 Å². The molecule has 1 saturated heterocycles. The van der Waals surface area contributed by atoms with Gasteiger partial charge in [0.1, 0.15) is 0 Å². The van der Waals surface area contributed by atoms with E-state index in [4.69, 9.17) is 9.47 Å². The fourth-order valence-electron chi connectivity index (χ4n) is 3.01. The van der Waals surface area contributed by atoms with Crippen LogP contribution in [0.4, 0.5) is 0 Å². The zero-order valence-corrected chi connectivity index (χ0v) is 12.8. The maximum Gasteiger partial charge on any atom is 0.254 e. The normalized spacial score (nSPS) is 20.2. The van der Waals surface area contributed by atoms with Crippen LogP contribution in [0.25, 0.3) is 0 Å². The predicted octanol–water partition coefficient (Wildman–Crippen LogP) is 2.89. The van der Waals surface area contributed by atoms with E-state index < -0.39 is 0 Å². The van der Waals surface area contributed by atoms with Crippen LogP contribution in [0.2, 0.25) is 0 Å². The Labute approximate surface area is 132 Å². The standard InChI is InChI=1S/C16H16N2O3S/c19-16(11-3-4-13-14(8-11)21-10-20-13)18-6-1-2-12(9-18)15-17-5-7-22-15/h3-5,7-8,12H,1-2,6,9-10H2/t12-/m1/s1. The van der Waals surface area contributed by atoms with Crippen molar-refractivity contribution in [1.82, 2.24) is 9.88 Å². The van der Waals surface area contributed by atoms with Gasteiger partial charge < -0.3 is 14.4 Å². The first-order chi connectivity index (χ1) is 10.8. The highest BCUT2D eigenvalue weighted by molar-refractivity contribution is 7.09. The maximum atomic E-state index is 12.7. The van der Waals surface area contributed by atoms with Gasteiger partial charge in [-0.15, -0.1) is 11.3 Å². The van der Waals surface area contributed by atoms with Crippen molar-refractivity contribution in [2.24, 2.45) is 0 Å². The van der Waals surface area contributed by atoms with Crippen molar-refractivity contribution in [1.29, 1.82) is 0 Å². The van der Waals surface area contributed by atoms with Gasteiger partial charge in [0.25, 0.3) is 5.91 Å². The molecule has 1 aromatic carbocycles. The van der Waals surface area contributed by atoms with Crippen molar-refractivity contribution < 1.29 is 14.3 Å². The van der Waals surface area contributed by atoms with Crippen LogP contribution in [0.15, 0.2) is 29.8 Å². The Balaban J connectivity index is 1.52. The number of thiazole rings is 1.